The van der Waals surface area contributed by atoms with Crippen LogP contribution in [0.15, 0.2) is 30.6 Å². The summed E-state index contributed by atoms with van der Waals surface area (Å²) >= 11 is 1.46. The highest BCUT2D eigenvalue weighted by Crippen LogP contribution is 2.25. The van der Waals surface area contributed by atoms with E-state index in [1.807, 2.05) is 24.3 Å². The Bertz CT molecular complexity index is 793. The average molecular weight is 330 g/mol. The summed E-state index contributed by atoms with van der Waals surface area (Å²) in [5.74, 6) is -0.135. The molecule has 1 amide bonds. The second kappa shape index (κ2) is 6.03. The molecule has 1 aromatic carbocycles. The standard InChI is InChI=1S/C14H14N6O2S/c21-12(11-7-15-5-6-22-11)17-10-3-1-9(2-4-10)13-19-20-8-16-18-14(20)23-13/h1-4,8,11,15H,5-7H2,(H,17,21). The molecule has 8 nitrogen and oxygen atoms in total. The van der Waals surface area contributed by atoms with Crippen LogP contribution in [0.25, 0.3) is 15.5 Å². The van der Waals surface area contributed by atoms with Crippen molar-refractivity contribution < 1.29 is 9.53 Å². The maximum Gasteiger partial charge on any atom is 0.254 e. The predicted molar refractivity (Wildman–Crippen MR) is 85.3 cm³/mol. The quantitative estimate of drug-likeness (QED) is 0.737. The van der Waals surface area contributed by atoms with Crippen LogP contribution < -0.4 is 10.6 Å². The molecular weight excluding hydrogens is 316 g/mol. The Kier molecular flexibility index (Phi) is 3.74. The summed E-state index contributed by atoms with van der Waals surface area (Å²) in [6.45, 7) is 1.87. The number of anilines is 1. The number of carbonyl (C=O) groups excluding carboxylic acids is 1. The summed E-state index contributed by atoms with van der Waals surface area (Å²) in [6.07, 6.45) is 1.13. The highest BCUT2D eigenvalue weighted by Gasteiger charge is 2.21. The van der Waals surface area contributed by atoms with Gasteiger partial charge in [-0.1, -0.05) is 11.3 Å². The number of amides is 1. The summed E-state index contributed by atoms with van der Waals surface area (Å²) in [5.41, 5.74) is 1.70. The molecule has 118 valence electrons. The fraction of sp³-hybridized carbons (Fsp3) is 0.286. The number of nitrogens with one attached hydrogen (secondary N) is 2. The van der Waals surface area contributed by atoms with Crippen molar-refractivity contribution >= 4 is 27.9 Å². The first-order chi connectivity index (χ1) is 11.3. The van der Waals surface area contributed by atoms with Gasteiger partial charge in [-0.05, 0) is 24.3 Å². The van der Waals surface area contributed by atoms with E-state index < -0.39 is 6.10 Å². The van der Waals surface area contributed by atoms with Crippen LogP contribution in [0.1, 0.15) is 0 Å². The number of morpholine rings is 1. The summed E-state index contributed by atoms with van der Waals surface area (Å²) in [4.78, 5) is 12.8. The Balaban J connectivity index is 1.47. The number of aromatic nitrogens is 4. The second-order valence-corrected chi connectivity index (χ2v) is 6.05. The Labute approximate surface area is 135 Å². The van der Waals surface area contributed by atoms with E-state index in [1.165, 1.54) is 11.3 Å². The van der Waals surface area contributed by atoms with Gasteiger partial charge in [0.05, 0.1) is 6.61 Å². The Morgan fingerprint density at radius 1 is 1.39 bits per heavy atom. The fourth-order valence-corrected chi connectivity index (χ4v) is 3.15. The van der Waals surface area contributed by atoms with Gasteiger partial charge in [0.25, 0.3) is 5.91 Å². The Morgan fingerprint density at radius 3 is 3.00 bits per heavy atom. The van der Waals surface area contributed by atoms with Crippen molar-refractivity contribution in [1.82, 2.24) is 25.1 Å². The number of nitrogens with zero attached hydrogens (tertiary/aromatic N) is 4. The van der Waals surface area contributed by atoms with Gasteiger partial charge in [0.1, 0.15) is 17.4 Å². The molecule has 9 heteroatoms. The molecule has 0 spiro atoms. The van der Waals surface area contributed by atoms with Gasteiger partial charge in [-0.15, -0.1) is 10.2 Å². The molecule has 4 rings (SSSR count). The van der Waals surface area contributed by atoms with Gasteiger partial charge >= 0.3 is 0 Å². The number of hydrogen-bond donors (Lipinski definition) is 2. The van der Waals surface area contributed by atoms with Crippen molar-refractivity contribution in [2.45, 2.75) is 6.10 Å². The van der Waals surface area contributed by atoms with E-state index in [4.69, 9.17) is 4.74 Å². The third-order valence-electron chi connectivity index (χ3n) is 3.51. The number of fused-ring (bicyclic) bond motifs is 1. The third-order valence-corrected chi connectivity index (χ3v) is 4.47. The topological polar surface area (TPSA) is 93.4 Å². The minimum Gasteiger partial charge on any atom is -0.366 e. The van der Waals surface area contributed by atoms with E-state index in [1.54, 1.807) is 10.8 Å². The van der Waals surface area contributed by atoms with Crippen LogP contribution in [0.5, 0.6) is 0 Å². The zero-order valence-electron chi connectivity index (χ0n) is 12.1. The van der Waals surface area contributed by atoms with Gasteiger partial charge in [0.2, 0.25) is 4.96 Å². The molecule has 0 saturated carbocycles. The van der Waals surface area contributed by atoms with Crippen molar-refractivity contribution in [2.75, 3.05) is 25.0 Å². The first-order valence-electron chi connectivity index (χ1n) is 7.20. The lowest BCUT2D eigenvalue weighted by atomic mass is 10.2. The van der Waals surface area contributed by atoms with E-state index >= 15 is 0 Å². The van der Waals surface area contributed by atoms with Crippen molar-refractivity contribution in [3.8, 4) is 10.6 Å². The Hall–Kier alpha value is -2.36. The normalized spacial score (nSPS) is 18.2. The van der Waals surface area contributed by atoms with E-state index in [0.717, 1.165) is 27.8 Å². The predicted octanol–water partition coefficient (Wildman–Crippen LogP) is 0.780. The van der Waals surface area contributed by atoms with Crippen LogP contribution in [0.2, 0.25) is 0 Å². The molecular formula is C14H14N6O2S. The number of hydrogen-bond acceptors (Lipinski definition) is 7. The molecule has 0 radical (unpaired) electrons. The smallest absolute Gasteiger partial charge is 0.254 e. The molecule has 3 aromatic rings. The number of carbonyl (C=O) groups is 1. The maximum absolute atomic E-state index is 12.1. The van der Waals surface area contributed by atoms with Crippen molar-refractivity contribution in [3.05, 3.63) is 30.6 Å². The third kappa shape index (κ3) is 2.93. The van der Waals surface area contributed by atoms with Crippen molar-refractivity contribution in [3.63, 3.8) is 0 Å². The van der Waals surface area contributed by atoms with Crippen LogP contribution in [-0.2, 0) is 9.53 Å². The molecule has 2 aromatic heterocycles. The molecule has 1 atom stereocenters. The van der Waals surface area contributed by atoms with E-state index in [2.05, 4.69) is 25.9 Å². The summed E-state index contributed by atoms with van der Waals surface area (Å²) in [7, 11) is 0. The molecule has 1 saturated heterocycles. The number of benzene rings is 1. The van der Waals surface area contributed by atoms with Crippen LogP contribution >= 0.6 is 11.3 Å². The van der Waals surface area contributed by atoms with Crippen LogP contribution in [0, 0.1) is 0 Å². The van der Waals surface area contributed by atoms with Gasteiger partial charge in [0.15, 0.2) is 0 Å². The maximum atomic E-state index is 12.1. The largest absolute Gasteiger partial charge is 0.366 e. The summed E-state index contributed by atoms with van der Waals surface area (Å²) < 4.78 is 7.07. The van der Waals surface area contributed by atoms with E-state index in [9.17, 15) is 4.79 Å². The van der Waals surface area contributed by atoms with Crippen LogP contribution in [0.3, 0.4) is 0 Å². The average Bonchev–Trinajstić information content (AvgIpc) is 3.18. The monoisotopic (exact) mass is 330 g/mol. The first kappa shape index (κ1) is 14.2. The first-order valence-corrected chi connectivity index (χ1v) is 8.02. The SMILES string of the molecule is O=C(Nc1ccc(-c2nn3cnnc3s2)cc1)C1CNCCO1. The van der Waals surface area contributed by atoms with E-state index in [0.29, 0.717) is 13.2 Å². The minimum absolute atomic E-state index is 0.135. The lowest BCUT2D eigenvalue weighted by molar-refractivity contribution is -0.128. The zero-order chi connectivity index (χ0) is 15.6. The highest BCUT2D eigenvalue weighted by atomic mass is 32.1. The van der Waals surface area contributed by atoms with Gasteiger partial charge < -0.3 is 15.4 Å². The lowest BCUT2D eigenvalue weighted by Crippen LogP contribution is -2.45. The van der Waals surface area contributed by atoms with Gasteiger partial charge in [0, 0.05) is 24.3 Å². The molecule has 3 heterocycles. The molecule has 1 aliphatic heterocycles. The summed E-state index contributed by atoms with van der Waals surface area (Å²) in [5, 5.41) is 19.0. The molecule has 0 bridgehead atoms. The Morgan fingerprint density at radius 2 is 2.26 bits per heavy atom. The van der Waals surface area contributed by atoms with E-state index in [-0.39, 0.29) is 5.91 Å². The second-order valence-electron chi connectivity index (χ2n) is 5.10. The van der Waals surface area contributed by atoms with Gasteiger partial charge in [-0.25, -0.2) is 0 Å². The lowest BCUT2D eigenvalue weighted by Gasteiger charge is -2.22. The molecule has 1 fully saturated rings. The minimum atomic E-state index is -0.442. The number of rotatable bonds is 3. The van der Waals surface area contributed by atoms with Gasteiger partial charge in [-0.2, -0.15) is 9.61 Å². The number of ether oxygens (including phenoxy) is 1. The van der Waals surface area contributed by atoms with Crippen LogP contribution in [0.4, 0.5) is 5.69 Å². The fourth-order valence-electron chi connectivity index (χ4n) is 2.33. The molecule has 0 aliphatic carbocycles. The van der Waals surface area contributed by atoms with Crippen molar-refractivity contribution in [2.24, 2.45) is 0 Å². The highest BCUT2D eigenvalue weighted by molar-refractivity contribution is 7.19. The molecule has 2 N–H and O–H groups in total. The zero-order valence-corrected chi connectivity index (χ0v) is 12.9. The van der Waals surface area contributed by atoms with Crippen molar-refractivity contribution in [1.29, 1.82) is 0 Å². The van der Waals surface area contributed by atoms with Crippen LogP contribution in [-0.4, -0.2) is 51.5 Å². The molecule has 1 unspecified atom stereocenters. The molecule has 23 heavy (non-hydrogen) atoms. The van der Waals surface area contributed by atoms with Gasteiger partial charge in [-0.3, -0.25) is 4.79 Å². The molecule has 1 aliphatic rings. The summed E-state index contributed by atoms with van der Waals surface area (Å²) in [6, 6.07) is 7.54.